The summed E-state index contributed by atoms with van der Waals surface area (Å²) in [5.41, 5.74) is -0.586. The first kappa shape index (κ1) is 14.3. The highest BCUT2D eigenvalue weighted by atomic mass is 16.4. The molecule has 1 rings (SSSR count). The highest BCUT2D eigenvalue weighted by Crippen LogP contribution is 2.42. The van der Waals surface area contributed by atoms with Gasteiger partial charge in [0.1, 0.15) is 0 Å². The number of hydrogen-bond acceptors (Lipinski definition) is 2. The fourth-order valence-corrected chi connectivity index (χ4v) is 2.78. The van der Waals surface area contributed by atoms with Gasteiger partial charge in [0, 0.05) is 5.54 Å². The first-order valence-corrected chi connectivity index (χ1v) is 6.36. The van der Waals surface area contributed by atoms with Crippen LogP contribution in [0.2, 0.25) is 0 Å². The van der Waals surface area contributed by atoms with Crippen LogP contribution in [0.5, 0.6) is 0 Å². The summed E-state index contributed by atoms with van der Waals surface area (Å²) in [6, 6.07) is 0. The van der Waals surface area contributed by atoms with Gasteiger partial charge >= 0.3 is 6.09 Å². The van der Waals surface area contributed by atoms with E-state index in [9.17, 15) is 9.90 Å². The minimum Gasteiger partial charge on any atom is -0.465 e. The molecule has 1 aliphatic carbocycles. The Morgan fingerprint density at radius 1 is 1.12 bits per heavy atom. The Balaban J connectivity index is 2.87. The van der Waals surface area contributed by atoms with E-state index < -0.39 is 11.6 Å². The molecular weight excluding hydrogens is 218 g/mol. The van der Waals surface area contributed by atoms with Gasteiger partial charge in [-0.15, -0.1) is 0 Å². The summed E-state index contributed by atoms with van der Waals surface area (Å²) in [7, 11) is 0. The number of nitrogens with one attached hydrogen (secondary N) is 1. The summed E-state index contributed by atoms with van der Waals surface area (Å²) in [5, 5.41) is 21.3. The van der Waals surface area contributed by atoms with Gasteiger partial charge in [0.2, 0.25) is 0 Å². The summed E-state index contributed by atoms with van der Waals surface area (Å²) in [6.07, 6.45) is 2.15. The molecule has 0 bridgehead atoms. The van der Waals surface area contributed by atoms with Crippen molar-refractivity contribution in [1.29, 1.82) is 0 Å². The van der Waals surface area contributed by atoms with Crippen molar-refractivity contribution in [1.82, 2.24) is 5.32 Å². The molecule has 3 N–H and O–H groups in total. The molecule has 1 aliphatic rings. The van der Waals surface area contributed by atoms with Crippen LogP contribution in [0.15, 0.2) is 0 Å². The second-order valence-electron chi connectivity index (χ2n) is 6.39. The molecule has 1 saturated carbocycles. The number of carbonyl (C=O) groups is 1. The first-order valence-electron chi connectivity index (χ1n) is 6.36. The quantitative estimate of drug-likeness (QED) is 0.698. The van der Waals surface area contributed by atoms with Crippen molar-refractivity contribution >= 4 is 6.09 Å². The lowest BCUT2D eigenvalue weighted by Crippen LogP contribution is -2.60. The van der Waals surface area contributed by atoms with Gasteiger partial charge in [-0.2, -0.15) is 0 Å². The van der Waals surface area contributed by atoms with Gasteiger partial charge in [0.05, 0.1) is 6.10 Å². The van der Waals surface area contributed by atoms with Gasteiger partial charge in [0.15, 0.2) is 0 Å². The molecule has 0 aromatic rings. The van der Waals surface area contributed by atoms with Gasteiger partial charge < -0.3 is 15.5 Å². The smallest absolute Gasteiger partial charge is 0.405 e. The van der Waals surface area contributed by atoms with E-state index >= 15 is 0 Å². The molecule has 1 fully saturated rings. The molecule has 1 amide bonds. The van der Waals surface area contributed by atoms with E-state index in [2.05, 4.69) is 26.1 Å². The Morgan fingerprint density at radius 3 is 1.94 bits per heavy atom. The third-order valence-corrected chi connectivity index (χ3v) is 4.44. The van der Waals surface area contributed by atoms with E-state index in [0.717, 1.165) is 25.7 Å². The molecule has 1 unspecified atom stereocenters. The number of aliphatic hydroxyl groups excluding tert-OH is 1. The highest BCUT2D eigenvalue weighted by Gasteiger charge is 2.46. The number of carboxylic acid groups (broad SMARTS) is 1. The molecule has 4 nitrogen and oxygen atoms in total. The summed E-state index contributed by atoms with van der Waals surface area (Å²) in [4.78, 5) is 11.0. The fraction of sp³-hybridized carbons (Fsp3) is 0.923. The highest BCUT2D eigenvalue weighted by molar-refractivity contribution is 5.65. The van der Waals surface area contributed by atoms with Crippen molar-refractivity contribution in [3.63, 3.8) is 0 Å². The molecule has 0 aromatic heterocycles. The predicted molar refractivity (Wildman–Crippen MR) is 67.0 cm³/mol. The lowest BCUT2D eigenvalue weighted by atomic mass is 9.63. The third-order valence-electron chi connectivity index (χ3n) is 4.44. The number of aliphatic hydroxyl groups is 1. The fourth-order valence-electron chi connectivity index (χ4n) is 2.78. The maximum Gasteiger partial charge on any atom is 0.405 e. The minimum absolute atomic E-state index is 0.141. The maximum atomic E-state index is 11.0. The normalized spacial score (nSPS) is 29.5. The zero-order valence-corrected chi connectivity index (χ0v) is 11.3. The molecule has 100 valence electrons. The Bertz CT molecular complexity index is 277. The second kappa shape index (κ2) is 4.84. The van der Waals surface area contributed by atoms with Crippen molar-refractivity contribution in [2.24, 2.45) is 11.3 Å². The zero-order chi connectivity index (χ0) is 13.3. The van der Waals surface area contributed by atoms with E-state index in [1.54, 1.807) is 0 Å². The van der Waals surface area contributed by atoms with Crippen LogP contribution >= 0.6 is 0 Å². The molecule has 0 radical (unpaired) electrons. The molecule has 4 heteroatoms. The number of amides is 1. The van der Waals surface area contributed by atoms with Gasteiger partial charge in [0.25, 0.3) is 0 Å². The van der Waals surface area contributed by atoms with Crippen molar-refractivity contribution in [2.45, 2.75) is 65.0 Å². The van der Waals surface area contributed by atoms with Crippen molar-refractivity contribution < 1.29 is 15.0 Å². The lowest BCUT2D eigenvalue weighted by Gasteiger charge is -2.49. The van der Waals surface area contributed by atoms with E-state index in [-0.39, 0.29) is 11.5 Å². The first-order chi connectivity index (χ1) is 7.67. The van der Waals surface area contributed by atoms with Crippen molar-refractivity contribution in [3.05, 3.63) is 0 Å². The molecular formula is C13H25NO3. The molecule has 0 spiro atoms. The van der Waals surface area contributed by atoms with Crippen LogP contribution in [-0.2, 0) is 0 Å². The predicted octanol–water partition coefficient (Wildman–Crippen LogP) is 2.61. The molecule has 17 heavy (non-hydrogen) atoms. The Labute approximate surface area is 103 Å². The van der Waals surface area contributed by atoms with E-state index in [4.69, 9.17) is 5.11 Å². The molecule has 0 aromatic carbocycles. The molecule has 0 heterocycles. The minimum atomic E-state index is -0.964. The van der Waals surface area contributed by atoms with Crippen LogP contribution in [-0.4, -0.2) is 27.9 Å². The van der Waals surface area contributed by atoms with Crippen LogP contribution < -0.4 is 5.32 Å². The topological polar surface area (TPSA) is 69.6 Å². The van der Waals surface area contributed by atoms with Crippen molar-refractivity contribution in [2.75, 3.05) is 0 Å². The lowest BCUT2D eigenvalue weighted by molar-refractivity contribution is 0.0275. The average Bonchev–Trinajstić information content (AvgIpc) is 2.15. The zero-order valence-electron chi connectivity index (χ0n) is 11.3. The van der Waals surface area contributed by atoms with Crippen LogP contribution in [0.25, 0.3) is 0 Å². The van der Waals surface area contributed by atoms with Crippen LogP contribution in [0.3, 0.4) is 0 Å². The summed E-state index contributed by atoms with van der Waals surface area (Å²) >= 11 is 0. The summed E-state index contributed by atoms with van der Waals surface area (Å²) in [5.74, 6) is 0.294. The average molecular weight is 243 g/mol. The Morgan fingerprint density at radius 2 is 1.59 bits per heavy atom. The van der Waals surface area contributed by atoms with E-state index in [1.165, 1.54) is 0 Å². The Kier molecular flexibility index (Phi) is 4.07. The Hall–Kier alpha value is -0.770. The second-order valence-corrected chi connectivity index (χ2v) is 6.39. The third kappa shape index (κ3) is 3.12. The SMILES string of the molecule is CC(C)(C)C(C)(NC(=O)O)C1CCC(O)CC1. The van der Waals surface area contributed by atoms with Gasteiger partial charge in [-0.25, -0.2) is 4.79 Å². The van der Waals surface area contributed by atoms with Crippen LogP contribution in [0, 0.1) is 11.3 Å². The summed E-state index contributed by atoms with van der Waals surface area (Å²) < 4.78 is 0. The summed E-state index contributed by atoms with van der Waals surface area (Å²) in [6.45, 7) is 8.18. The molecule has 0 saturated heterocycles. The standard InChI is InChI=1S/C13H25NO3/c1-12(2,3)13(4,14-11(16)17)9-5-7-10(15)8-6-9/h9-10,14-15H,5-8H2,1-4H3,(H,16,17). The van der Waals surface area contributed by atoms with Crippen molar-refractivity contribution in [3.8, 4) is 0 Å². The van der Waals surface area contributed by atoms with Crippen LogP contribution in [0.1, 0.15) is 53.4 Å². The maximum absolute atomic E-state index is 11.0. The molecule has 0 aliphatic heterocycles. The monoisotopic (exact) mass is 243 g/mol. The van der Waals surface area contributed by atoms with Gasteiger partial charge in [-0.05, 0) is 43.9 Å². The largest absolute Gasteiger partial charge is 0.465 e. The number of hydrogen-bond donors (Lipinski definition) is 3. The molecule has 1 atom stereocenters. The van der Waals surface area contributed by atoms with E-state index in [1.807, 2.05) is 6.92 Å². The van der Waals surface area contributed by atoms with E-state index in [0.29, 0.717) is 5.92 Å². The number of rotatable bonds is 2. The van der Waals surface area contributed by atoms with Gasteiger partial charge in [-0.1, -0.05) is 20.8 Å². The van der Waals surface area contributed by atoms with Gasteiger partial charge in [-0.3, -0.25) is 0 Å². The van der Waals surface area contributed by atoms with Crippen LogP contribution in [0.4, 0.5) is 4.79 Å².